The fourth-order valence-corrected chi connectivity index (χ4v) is 2.42. The van der Waals surface area contributed by atoms with Gasteiger partial charge >= 0.3 is 5.97 Å². The van der Waals surface area contributed by atoms with Crippen molar-refractivity contribution in [2.24, 2.45) is 0 Å². The average molecular weight is 364 g/mol. The molecule has 0 fully saturated rings. The lowest BCUT2D eigenvalue weighted by molar-refractivity contribution is -0.144. The summed E-state index contributed by atoms with van der Waals surface area (Å²) in [6.07, 6.45) is 0.416. The van der Waals surface area contributed by atoms with E-state index in [1.54, 1.807) is 6.07 Å². The minimum atomic E-state index is -1.33. The Morgan fingerprint density at radius 2 is 1.92 bits per heavy atom. The quantitative estimate of drug-likeness (QED) is 0.709. The predicted octanol–water partition coefficient (Wildman–Crippen LogP) is 2.98. The number of ether oxygens (including phenoxy) is 1. The first kappa shape index (κ1) is 19.4. The molecule has 0 aliphatic rings. The molecule has 0 saturated carbocycles. The molecule has 0 aliphatic heterocycles. The van der Waals surface area contributed by atoms with Gasteiger partial charge < -0.3 is 19.7 Å². The summed E-state index contributed by atoms with van der Waals surface area (Å²) in [4.78, 5) is 23.4. The van der Waals surface area contributed by atoms with Crippen molar-refractivity contribution < 1.29 is 28.3 Å². The van der Waals surface area contributed by atoms with E-state index in [1.807, 2.05) is 13.8 Å². The molecule has 8 heteroatoms. The molecule has 1 aromatic heterocycles. The minimum Gasteiger partial charge on any atom is -0.478 e. The summed E-state index contributed by atoms with van der Waals surface area (Å²) in [5.74, 6) is -1.90. The minimum absolute atomic E-state index is 0.0119. The van der Waals surface area contributed by atoms with Gasteiger partial charge in [0.1, 0.15) is 11.6 Å². The van der Waals surface area contributed by atoms with Crippen LogP contribution in [0.4, 0.5) is 4.39 Å². The molecule has 1 heterocycles. The van der Waals surface area contributed by atoms with Gasteiger partial charge in [0.15, 0.2) is 0 Å². The smallest absolute Gasteiger partial charge is 0.346 e. The molecule has 0 bridgehead atoms. The van der Waals surface area contributed by atoms with Crippen molar-refractivity contribution in [3.63, 3.8) is 0 Å². The molecule has 26 heavy (non-hydrogen) atoms. The number of aliphatic carboxylic acids is 1. The molecule has 2 rings (SSSR count). The zero-order valence-corrected chi connectivity index (χ0v) is 14.6. The third-order valence-corrected chi connectivity index (χ3v) is 3.97. The third-order valence-electron chi connectivity index (χ3n) is 3.97. The summed E-state index contributed by atoms with van der Waals surface area (Å²) >= 11 is 0. The van der Waals surface area contributed by atoms with Crippen molar-refractivity contribution >= 4 is 11.9 Å². The summed E-state index contributed by atoms with van der Waals surface area (Å²) in [6, 6.07) is 6.49. The van der Waals surface area contributed by atoms with E-state index >= 15 is 0 Å². The van der Waals surface area contributed by atoms with E-state index in [0.717, 1.165) is 25.0 Å². The van der Waals surface area contributed by atoms with Crippen LogP contribution in [0.15, 0.2) is 34.9 Å². The Labute approximate surface area is 150 Å². The topological polar surface area (TPSA) is 102 Å². The lowest BCUT2D eigenvalue weighted by Gasteiger charge is -2.15. The van der Waals surface area contributed by atoms with E-state index < -0.39 is 23.8 Å². The van der Waals surface area contributed by atoms with Crippen molar-refractivity contribution in [2.75, 3.05) is 6.54 Å². The molecule has 1 atom stereocenters. The van der Waals surface area contributed by atoms with Gasteiger partial charge in [-0.25, -0.2) is 9.18 Å². The molecular weight excluding hydrogens is 343 g/mol. The Balaban J connectivity index is 1.96. The maximum atomic E-state index is 12.9. The number of nitrogens with one attached hydrogen (secondary N) is 1. The number of hydrogen-bond donors (Lipinski definition) is 2. The number of carboxylic acids is 1. The lowest BCUT2D eigenvalue weighted by atomic mass is 9.99. The van der Waals surface area contributed by atoms with Crippen LogP contribution in [0, 0.1) is 5.82 Å². The third kappa shape index (κ3) is 5.05. The maximum Gasteiger partial charge on any atom is 0.346 e. The normalized spacial score (nSPS) is 12.0. The summed E-state index contributed by atoms with van der Waals surface area (Å²) in [5, 5.41) is 15.6. The Morgan fingerprint density at radius 3 is 2.50 bits per heavy atom. The monoisotopic (exact) mass is 364 g/mol. The number of carbonyl (C=O) groups excluding carboxylic acids is 1. The van der Waals surface area contributed by atoms with Crippen molar-refractivity contribution in [1.29, 1.82) is 0 Å². The van der Waals surface area contributed by atoms with E-state index in [4.69, 9.17) is 9.26 Å². The number of carbonyl (C=O) groups is 2. The van der Waals surface area contributed by atoms with Crippen LogP contribution in [0.3, 0.4) is 0 Å². The Bertz CT molecular complexity index is 740. The number of rotatable bonds is 9. The average Bonchev–Trinajstić information content (AvgIpc) is 3.11. The maximum absolute atomic E-state index is 12.9. The molecule has 1 aromatic carbocycles. The molecule has 1 amide bonds. The SMILES string of the molecule is CCC(CC)c1cc(C(=O)NCC(Oc2ccc(F)cc2)C(=O)O)on1. The zero-order valence-electron chi connectivity index (χ0n) is 14.6. The number of amides is 1. The highest BCUT2D eigenvalue weighted by atomic mass is 19.1. The summed E-state index contributed by atoms with van der Waals surface area (Å²) in [5.41, 5.74) is 0.692. The van der Waals surface area contributed by atoms with E-state index in [0.29, 0.717) is 5.69 Å². The Hall–Kier alpha value is -2.90. The van der Waals surface area contributed by atoms with E-state index in [-0.39, 0.29) is 24.0 Å². The van der Waals surface area contributed by atoms with E-state index in [2.05, 4.69) is 10.5 Å². The van der Waals surface area contributed by atoms with Crippen molar-refractivity contribution in [2.45, 2.75) is 38.7 Å². The first-order valence-electron chi connectivity index (χ1n) is 8.34. The van der Waals surface area contributed by atoms with Crippen LogP contribution >= 0.6 is 0 Å². The van der Waals surface area contributed by atoms with E-state index in [9.17, 15) is 19.1 Å². The van der Waals surface area contributed by atoms with E-state index in [1.165, 1.54) is 12.1 Å². The van der Waals surface area contributed by atoms with Gasteiger partial charge in [0.25, 0.3) is 5.91 Å². The molecule has 0 saturated heterocycles. The first-order chi connectivity index (χ1) is 12.4. The van der Waals surface area contributed by atoms with Crippen LogP contribution < -0.4 is 10.1 Å². The molecule has 0 spiro atoms. The van der Waals surface area contributed by atoms with Crippen LogP contribution in [-0.2, 0) is 4.79 Å². The predicted molar refractivity (Wildman–Crippen MR) is 90.6 cm³/mol. The van der Waals surface area contributed by atoms with Gasteiger partial charge in [-0.2, -0.15) is 0 Å². The Kier molecular flexibility index (Phi) is 6.71. The molecule has 1 unspecified atom stereocenters. The summed E-state index contributed by atoms with van der Waals surface area (Å²) in [6.45, 7) is 3.76. The second-order valence-corrected chi connectivity index (χ2v) is 5.74. The van der Waals surface area contributed by atoms with Crippen molar-refractivity contribution in [3.05, 3.63) is 47.6 Å². The lowest BCUT2D eigenvalue weighted by Crippen LogP contribution is -2.40. The van der Waals surface area contributed by atoms with Gasteiger partial charge in [-0.15, -0.1) is 0 Å². The van der Waals surface area contributed by atoms with Gasteiger partial charge in [-0.05, 0) is 37.1 Å². The summed E-state index contributed by atoms with van der Waals surface area (Å²) < 4.78 is 23.2. The molecule has 140 valence electrons. The summed E-state index contributed by atoms with van der Waals surface area (Å²) in [7, 11) is 0. The van der Waals surface area contributed by atoms with Gasteiger partial charge in [0, 0.05) is 12.0 Å². The fourth-order valence-electron chi connectivity index (χ4n) is 2.42. The molecule has 0 aliphatic carbocycles. The highest BCUT2D eigenvalue weighted by molar-refractivity contribution is 5.91. The molecular formula is C18H21FN2O5. The van der Waals surface area contributed by atoms with Gasteiger partial charge in [0.2, 0.25) is 11.9 Å². The number of halogens is 1. The van der Waals surface area contributed by atoms with Crippen molar-refractivity contribution in [3.8, 4) is 5.75 Å². The number of benzene rings is 1. The fraction of sp³-hybridized carbons (Fsp3) is 0.389. The van der Waals surface area contributed by atoms with Crippen molar-refractivity contribution in [1.82, 2.24) is 10.5 Å². The van der Waals surface area contributed by atoms with Crippen LogP contribution in [0.1, 0.15) is 48.9 Å². The largest absolute Gasteiger partial charge is 0.478 e. The van der Waals surface area contributed by atoms with Gasteiger partial charge in [-0.1, -0.05) is 19.0 Å². The second kappa shape index (κ2) is 8.98. The van der Waals surface area contributed by atoms with Gasteiger partial charge in [0.05, 0.1) is 12.2 Å². The van der Waals surface area contributed by atoms with Crippen LogP contribution in [0.5, 0.6) is 5.75 Å². The highest BCUT2D eigenvalue weighted by Gasteiger charge is 2.23. The standard InChI is InChI=1S/C18H21FN2O5/c1-3-11(4-2)14-9-15(26-21-14)17(22)20-10-16(18(23)24)25-13-7-5-12(19)6-8-13/h5-9,11,16H,3-4,10H2,1-2H3,(H,20,22)(H,23,24). The second-order valence-electron chi connectivity index (χ2n) is 5.74. The molecule has 2 N–H and O–H groups in total. The number of carboxylic acid groups (broad SMARTS) is 1. The Morgan fingerprint density at radius 1 is 1.27 bits per heavy atom. The van der Waals surface area contributed by atoms with Crippen LogP contribution in [0.25, 0.3) is 0 Å². The number of hydrogen-bond acceptors (Lipinski definition) is 5. The first-order valence-corrected chi connectivity index (χ1v) is 8.34. The molecule has 0 radical (unpaired) electrons. The highest BCUT2D eigenvalue weighted by Crippen LogP contribution is 2.22. The molecule has 7 nitrogen and oxygen atoms in total. The van der Waals surface area contributed by atoms with Crippen LogP contribution in [-0.4, -0.2) is 34.8 Å². The number of nitrogens with zero attached hydrogens (tertiary/aromatic N) is 1. The zero-order chi connectivity index (χ0) is 19.1. The van der Waals surface area contributed by atoms with Crippen LogP contribution in [0.2, 0.25) is 0 Å². The van der Waals surface area contributed by atoms with Gasteiger partial charge in [-0.3, -0.25) is 4.79 Å². The number of aromatic nitrogens is 1. The molecule has 2 aromatic rings.